The molecule has 24 heavy (non-hydrogen) atoms. The number of aromatic hydroxyl groups is 1. The Hall–Kier alpha value is -1.48. The number of ether oxygens (including phenoxy) is 1. The Labute approximate surface area is 145 Å². The second kappa shape index (κ2) is 6.11. The first-order valence-electron chi connectivity index (χ1n) is 9.20. The minimum Gasteiger partial charge on any atom is -0.508 e. The van der Waals surface area contributed by atoms with Crippen LogP contribution in [0.3, 0.4) is 0 Å². The lowest BCUT2D eigenvalue weighted by Gasteiger charge is -2.48. The molecule has 0 aromatic heterocycles. The van der Waals surface area contributed by atoms with Gasteiger partial charge in [0, 0.05) is 17.4 Å². The molecular weight excluding hydrogens is 300 g/mol. The normalized spacial score (nSPS) is 30.4. The molecule has 3 rings (SSSR count). The van der Waals surface area contributed by atoms with Gasteiger partial charge in [-0.3, -0.25) is 0 Å². The number of benzene rings is 1. The van der Waals surface area contributed by atoms with Gasteiger partial charge >= 0.3 is 0 Å². The number of hydrogen-bond donors (Lipinski definition) is 2. The number of fused-ring (bicyclic) bond motifs is 3. The fraction of sp³-hybridized carbons (Fsp3) is 0.619. The fourth-order valence-corrected chi connectivity index (χ4v) is 4.28. The molecule has 2 aliphatic rings. The molecule has 0 radical (unpaired) electrons. The van der Waals surface area contributed by atoms with Crippen molar-refractivity contribution >= 4 is 0 Å². The van der Waals surface area contributed by atoms with Gasteiger partial charge in [-0.2, -0.15) is 0 Å². The van der Waals surface area contributed by atoms with Crippen LogP contribution in [0.4, 0.5) is 0 Å². The topological polar surface area (TPSA) is 49.7 Å². The van der Waals surface area contributed by atoms with Gasteiger partial charge in [0.25, 0.3) is 0 Å². The third-order valence-electron chi connectivity index (χ3n) is 5.52. The molecule has 0 bridgehead atoms. The molecular formula is C21H30O3. The molecule has 132 valence electrons. The summed E-state index contributed by atoms with van der Waals surface area (Å²) in [4.78, 5) is 0. The number of aliphatic hydroxyl groups is 1. The number of rotatable bonds is 4. The smallest absolute Gasteiger partial charge is 0.127 e. The highest BCUT2D eigenvalue weighted by Gasteiger charge is 2.47. The SMILES string of the molecule is CCCCCc1cc(O)c2c(c1)OC(C)(C)[C@@H]1C=C[C@](C)(O)C[C@@H]21. The van der Waals surface area contributed by atoms with Gasteiger partial charge < -0.3 is 14.9 Å². The molecule has 1 aliphatic carbocycles. The highest BCUT2D eigenvalue weighted by molar-refractivity contribution is 5.53. The van der Waals surface area contributed by atoms with Crippen LogP contribution in [0.1, 0.15) is 70.4 Å². The van der Waals surface area contributed by atoms with Crippen molar-refractivity contribution in [2.75, 3.05) is 0 Å². The van der Waals surface area contributed by atoms with Crippen molar-refractivity contribution in [2.24, 2.45) is 5.92 Å². The second-order valence-corrected chi connectivity index (χ2v) is 8.24. The zero-order valence-electron chi connectivity index (χ0n) is 15.3. The Morgan fingerprint density at radius 2 is 1.96 bits per heavy atom. The van der Waals surface area contributed by atoms with Crippen molar-refractivity contribution in [1.29, 1.82) is 0 Å². The first-order valence-corrected chi connectivity index (χ1v) is 9.20. The van der Waals surface area contributed by atoms with Crippen LogP contribution in [0, 0.1) is 5.92 Å². The summed E-state index contributed by atoms with van der Waals surface area (Å²) in [6.07, 6.45) is 9.02. The number of hydrogen-bond acceptors (Lipinski definition) is 3. The van der Waals surface area contributed by atoms with Gasteiger partial charge in [-0.1, -0.05) is 31.9 Å². The van der Waals surface area contributed by atoms with E-state index in [1.54, 1.807) is 0 Å². The maximum absolute atomic E-state index is 10.7. The first-order chi connectivity index (χ1) is 11.2. The summed E-state index contributed by atoms with van der Waals surface area (Å²) in [5.41, 5.74) is 0.812. The minimum absolute atomic E-state index is 0.0773. The van der Waals surface area contributed by atoms with E-state index < -0.39 is 5.60 Å². The van der Waals surface area contributed by atoms with E-state index >= 15 is 0 Å². The van der Waals surface area contributed by atoms with Gasteiger partial charge in [0.1, 0.15) is 17.1 Å². The molecule has 1 aliphatic heterocycles. The number of phenols is 1. The summed E-state index contributed by atoms with van der Waals surface area (Å²) in [5.74, 6) is 1.34. The summed E-state index contributed by atoms with van der Waals surface area (Å²) in [6.45, 7) is 8.22. The van der Waals surface area contributed by atoms with Gasteiger partial charge in [0.2, 0.25) is 0 Å². The van der Waals surface area contributed by atoms with Gasteiger partial charge in [-0.25, -0.2) is 0 Å². The Kier molecular flexibility index (Phi) is 4.41. The van der Waals surface area contributed by atoms with E-state index in [-0.39, 0.29) is 17.4 Å². The van der Waals surface area contributed by atoms with Gasteiger partial charge in [0.05, 0.1) is 5.60 Å². The lowest BCUT2D eigenvalue weighted by molar-refractivity contribution is -0.00113. The quantitative estimate of drug-likeness (QED) is 0.621. The largest absolute Gasteiger partial charge is 0.508 e. The highest BCUT2D eigenvalue weighted by atomic mass is 16.5. The molecule has 2 N–H and O–H groups in total. The first kappa shape index (κ1) is 17.3. The van der Waals surface area contributed by atoms with E-state index in [0.717, 1.165) is 29.7 Å². The molecule has 0 saturated heterocycles. The molecule has 3 atom stereocenters. The predicted octanol–water partition coefficient (Wildman–Crippen LogP) is 4.71. The molecule has 1 aromatic carbocycles. The number of phenolic OH excluding ortho intramolecular Hbond substituents is 1. The summed E-state index contributed by atoms with van der Waals surface area (Å²) >= 11 is 0. The number of unbranched alkanes of at least 4 members (excludes halogenated alkanes) is 2. The van der Waals surface area contributed by atoms with Gasteiger partial charge in [0.15, 0.2) is 0 Å². The monoisotopic (exact) mass is 330 g/mol. The van der Waals surface area contributed by atoms with Crippen molar-refractivity contribution in [3.8, 4) is 11.5 Å². The standard InChI is InChI=1S/C21H30O3/c1-5-6-7-8-14-11-17(22)19-15-13-21(4,23)10-9-16(15)20(2,3)24-18(19)12-14/h9-12,15-16,22-23H,5-8,13H2,1-4H3/t15-,16-,21+/m1/s1. The van der Waals surface area contributed by atoms with Crippen LogP contribution in [0.25, 0.3) is 0 Å². The number of aryl methyl sites for hydroxylation is 1. The summed E-state index contributed by atoms with van der Waals surface area (Å²) < 4.78 is 6.29. The van der Waals surface area contributed by atoms with Crippen LogP contribution in [0.5, 0.6) is 11.5 Å². The highest BCUT2D eigenvalue weighted by Crippen LogP contribution is 2.54. The summed E-state index contributed by atoms with van der Waals surface area (Å²) in [5, 5.41) is 21.2. The minimum atomic E-state index is -0.835. The van der Waals surface area contributed by atoms with Crippen molar-refractivity contribution in [2.45, 2.75) is 76.9 Å². The van der Waals surface area contributed by atoms with E-state index in [1.165, 1.54) is 12.8 Å². The summed E-state index contributed by atoms with van der Waals surface area (Å²) in [6, 6.07) is 3.98. The second-order valence-electron chi connectivity index (χ2n) is 8.24. The molecule has 0 amide bonds. The van der Waals surface area contributed by atoms with Crippen LogP contribution in [0.2, 0.25) is 0 Å². The van der Waals surface area contributed by atoms with Crippen LogP contribution in [0.15, 0.2) is 24.3 Å². The average molecular weight is 330 g/mol. The van der Waals surface area contributed by atoms with E-state index in [9.17, 15) is 10.2 Å². The Balaban J connectivity index is 1.99. The fourth-order valence-electron chi connectivity index (χ4n) is 4.28. The Morgan fingerprint density at radius 3 is 2.67 bits per heavy atom. The van der Waals surface area contributed by atoms with Crippen molar-refractivity contribution in [1.82, 2.24) is 0 Å². The van der Waals surface area contributed by atoms with E-state index in [4.69, 9.17) is 4.74 Å². The van der Waals surface area contributed by atoms with Crippen LogP contribution in [-0.2, 0) is 6.42 Å². The molecule has 0 unspecified atom stereocenters. The molecule has 3 nitrogen and oxygen atoms in total. The van der Waals surface area contributed by atoms with E-state index in [0.29, 0.717) is 12.2 Å². The van der Waals surface area contributed by atoms with Gasteiger partial charge in [-0.15, -0.1) is 0 Å². The van der Waals surface area contributed by atoms with Crippen molar-refractivity contribution in [3.63, 3.8) is 0 Å². The summed E-state index contributed by atoms with van der Waals surface area (Å²) in [7, 11) is 0. The maximum Gasteiger partial charge on any atom is 0.127 e. The molecule has 3 heteroatoms. The van der Waals surface area contributed by atoms with E-state index in [2.05, 4.69) is 32.9 Å². The maximum atomic E-state index is 10.7. The lowest BCUT2D eigenvalue weighted by Crippen LogP contribution is -2.47. The van der Waals surface area contributed by atoms with Gasteiger partial charge in [-0.05, 0) is 57.7 Å². The van der Waals surface area contributed by atoms with Crippen molar-refractivity contribution in [3.05, 3.63) is 35.4 Å². The molecule has 0 spiro atoms. The van der Waals surface area contributed by atoms with Crippen LogP contribution in [-0.4, -0.2) is 21.4 Å². The third kappa shape index (κ3) is 3.19. The van der Waals surface area contributed by atoms with Crippen LogP contribution >= 0.6 is 0 Å². The zero-order chi connectivity index (χ0) is 17.5. The molecule has 1 heterocycles. The van der Waals surface area contributed by atoms with Crippen LogP contribution < -0.4 is 4.74 Å². The van der Waals surface area contributed by atoms with Crippen molar-refractivity contribution < 1.29 is 14.9 Å². The lowest BCUT2D eigenvalue weighted by atomic mass is 9.66. The Bertz CT molecular complexity index is 643. The Morgan fingerprint density at radius 1 is 1.21 bits per heavy atom. The average Bonchev–Trinajstić information content (AvgIpc) is 2.44. The zero-order valence-corrected chi connectivity index (χ0v) is 15.3. The third-order valence-corrected chi connectivity index (χ3v) is 5.52. The predicted molar refractivity (Wildman–Crippen MR) is 96.7 cm³/mol. The molecule has 1 aromatic rings. The van der Waals surface area contributed by atoms with E-state index in [1.807, 2.05) is 19.1 Å². The molecule has 0 fully saturated rings. The molecule has 0 saturated carbocycles.